The second kappa shape index (κ2) is 9.33. The van der Waals surface area contributed by atoms with Gasteiger partial charge in [0, 0.05) is 45.2 Å². The van der Waals surface area contributed by atoms with Crippen molar-refractivity contribution in [2.45, 2.75) is 26.3 Å². The lowest BCUT2D eigenvalue weighted by Gasteiger charge is -2.31. The second-order valence-electron chi connectivity index (χ2n) is 8.58. The van der Waals surface area contributed by atoms with Gasteiger partial charge in [-0.15, -0.1) is 0 Å². The summed E-state index contributed by atoms with van der Waals surface area (Å²) in [6.45, 7) is 8.67. The minimum atomic E-state index is -0.389. The quantitative estimate of drug-likeness (QED) is 0.668. The van der Waals surface area contributed by atoms with Crippen molar-refractivity contribution in [1.29, 1.82) is 0 Å². The van der Waals surface area contributed by atoms with Gasteiger partial charge >= 0.3 is 5.97 Å². The van der Waals surface area contributed by atoms with Crippen molar-refractivity contribution in [3.63, 3.8) is 0 Å². The third kappa shape index (κ3) is 4.91. The number of esters is 1. The molecule has 0 spiro atoms. The molecule has 5 nitrogen and oxygen atoms in total. The summed E-state index contributed by atoms with van der Waals surface area (Å²) in [5.41, 5.74) is 0.729. The van der Waals surface area contributed by atoms with Gasteiger partial charge in [-0.25, -0.2) is 4.39 Å². The minimum Gasteiger partial charge on any atom is -0.466 e. The van der Waals surface area contributed by atoms with Crippen molar-refractivity contribution in [3.8, 4) is 0 Å². The number of nitrogens with zero attached hydrogens (tertiary/aromatic N) is 3. The minimum absolute atomic E-state index is 0.0176. The Labute approximate surface area is 168 Å². The summed E-state index contributed by atoms with van der Waals surface area (Å²) in [7, 11) is 4.17. The van der Waals surface area contributed by atoms with Gasteiger partial charge in [-0.05, 0) is 58.1 Å². The summed E-state index contributed by atoms with van der Waals surface area (Å²) >= 11 is 0. The van der Waals surface area contributed by atoms with Crippen LogP contribution in [0.25, 0.3) is 0 Å². The fraction of sp³-hybridized carbons (Fsp3) is 0.682. The van der Waals surface area contributed by atoms with E-state index in [1.807, 2.05) is 19.1 Å². The third-order valence-electron chi connectivity index (χ3n) is 6.21. The highest BCUT2D eigenvalue weighted by Gasteiger charge is 2.53. The molecule has 2 atom stereocenters. The molecular weight excluding hydrogens is 357 g/mol. The Bertz CT molecular complexity index is 652. The van der Waals surface area contributed by atoms with E-state index in [4.69, 9.17) is 4.74 Å². The summed E-state index contributed by atoms with van der Waals surface area (Å²) in [5.74, 6) is 0.0564. The number of carbonyl (C=O) groups excluding carboxylic acids is 1. The van der Waals surface area contributed by atoms with Crippen molar-refractivity contribution < 1.29 is 13.9 Å². The van der Waals surface area contributed by atoms with Gasteiger partial charge in [-0.2, -0.15) is 0 Å². The third-order valence-corrected chi connectivity index (χ3v) is 6.21. The highest BCUT2D eigenvalue weighted by molar-refractivity contribution is 5.78. The van der Waals surface area contributed by atoms with Crippen molar-refractivity contribution in [1.82, 2.24) is 14.7 Å². The first-order valence-corrected chi connectivity index (χ1v) is 10.4. The summed E-state index contributed by atoms with van der Waals surface area (Å²) in [5, 5.41) is 0. The number of fused-ring (bicyclic) bond motifs is 1. The standard InChI is InChI=1S/C22H34FN3O2/c1-4-28-21(27)22-10-5-11-25(14-18-6-8-20(23)9-7-18)15-19(22)16-26(17-22)13-12-24(2)3/h6-9,19H,4-5,10-17H2,1-3H3/t19-,22-/m0/s1. The first-order valence-electron chi connectivity index (χ1n) is 10.4. The van der Waals surface area contributed by atoms with Crippen molar-refractivity contribution in [2.75, 3.05) is 60.0 Å². The molecule has 1 aromatic carbocycles. The molecule has 3 rings (SSSR count). The van der Waals surface area contributed by atoms with E-state index in [0.717, 1.165) is 64.2 Å². The van der Waals surface area contributed by atoms with E-state index in [2.05, 4.69) is 28.8 Å². The Morgan fingerprint density at radius 1 is 1.25 bits per heavy atom. The highest BCUT2D eigenvalue weighted by Crippen LogP contribution is 2.43. The first kappa shape index (κ1) is 21.2. The molecule has 0 radical (unpaired) electrons. The summed E-state index contributed by atoms with van der Waals surface area (Å²) < 4.78 is 18.8. The van der Waals surface area contributed by atoms with Crippen molar-refractivity contribution in [2.24, 2.45) is 11.3 Å². The molecule has 0 amide bonds. The van der Waals surface area contributed by atoms with Gasteiger partial charge in [0.05, 0.1) is 12.0 Å². The normalized spacial score (nSPS) is 26.2. The van der Waals surface area contributed by atoms with Gasteiger partial charge in [0.1, 0.15) is 5.82 Å². The second-order valence-corrected chi connectivity index (χ2v) is 8.58. The van der Waals surface area contributed by atoms with Crippen molar-refractivity contribution >= 4 is 5.97 Å². The maximum Gasteiger partial charge on any atom is 0.313 e. The summed E-state index contributed by atoms with van der Waals surface area (Å²) in [6, 6.07) is 6.76. The van der Waals surface area contributed by atoms with E-state index in [1.54, 1.807) is 0 Å². The van der Waals surface area contributed by atoms with Crippen LogP contribution in [0.2, 0.25) is 0 Å². The molecule has 156 valence electrons. The fourth-order valence-electron chi connectivity index (χ4n) is 4.73. The van der Waals surface area contributed by atoms with Gasteiger partial charge in [-0.1, -0.05) is 12.1 Å². The summed E-state index contributed by atoms with van der Waals surface area (Å²) in [4.78, 5) is 20.1. The van der Waals surface area contributed by atoms with Gasteiger partial charge < -0.3 is 14.5 Å². The van der Waals surface area contributed by atoms with Gasteiger partial charge in [0.25, 0.3) is 0 Å². The maximum atomic E-state index is 13.2. The van der Waals surface area contributed by atoms with E-state index in [9.17, 15) is 9.18 Å². The van der Waals surface area contributed by atoms with Gasteiger partial charge in [0.15, 0.2) is 0 Å². The molecule has 2 aliphatic rings. The number of rotatable bonds is 7. The number of likely N-dealkylation sites (N-methyl/N-ethyl adjacent to an activating group) is 1. The van der Waals surface area contributed by atoms with E-state index in [-0.39, 0.29) is 23.1 Å². The maximum absolute atomic E-state index is 13.2. The fourth-order valence-corrected chi connectivity index (χ4v) is 4.73. The van der Waals surface area contributed by atoms with Crippen LogP contribution in [-0.2, 0) is 16.1 Å². The number of carbonyl (C=O) groups is 1. The van der Waals surface area contributed by atoms with E-state index in [1.165, 1.54) is 12.1 Å². The molecule has 6 heteroatoms. The molecule has 0 aliphatic carbocycles. The Morgan fingerprint density at radius 2 is 1.96 bits per heavy atom. The zero-order valence-electron chi connectivity index (χ0n) is 17.5. The van der Waals surface area contributed by atoms with Crippen LogP contribution >= 0.6 is 0 Å². The van der Waals surface area contributed by atoms with Crippen LogP contribution in [0, 0.1) is 17.2 Å². The van der Waals surface area contributed by atoms with Crippen LogP contribution in [0.1, 0.15) is 25.3 Å². The summed E-state index contributed by atoms with van der Waals surface area (Å²) in [6.07, 6.45) is 1.87. The predicted molar refractivity (Wildman–Crippen MR) is 108 cm³/mol. The molecule has 1 aromatic rings. The van der Waals surface area contributed by atoms with E-state index in [0.29, 0.717) is 6.61 Å². The van der Waals surface area contributed by atoms with Gasteiger partial charge in [-0.3, -0.25) is 9.69 Å². The monoisotopic (exact) mass is 391 g/mol. The number of halogens is 1. The predicted octanol–water partition coefficient (Wildman–Crippen LogP) is 2.46. The zero-order valence-corrected chi connectivity index (χ0v) is 17.5. The molecular formula is C22H34FN3O2. The number of benzene rings is 1. The Hall–Kier alpha value is -1.50. The number of hydrogen-bond acceptors (Lipinski definition) is 5. The molecule has 2 aliphatic heterocycles. The Balaban J connectivity index is 1.73. The number of hydrogen-bond donors (Lipinski definition) is 0. The van der Waals surface area contributed by atoms with Gasteiger partial charge in [0.2, 0.25) is 0 Å². The molecule has 2 heterocycles. The number of ether oxygens (including phenoxy) is 1. The smallest absolute Gasteiger partial charge is 0.313 e. The molecule has 2 saturated heterocycles. The van der Waals surface area contributed by atoms with Crippen LogP contribution in [0.3, 0.4) is 0 Å². The van der Waals surface area contributed by atoms with Crippen LogP contribution < -0.4 is 0 Å². The van der Waals surface area contributed by atoms with Crippen LogP contribution in [0.4, 0.5) is 4.39 Å². The molecule has 0 aromatic heterocycles. The number of likely N-dealkylation sites (tertiary alicyclic amines) is 2. The van der Waals surface area contributed by atoms with Crippen LogP contribution in [0.15, 0.2) is 24.3 Å². The average Bonchev–Trinajstić information content (AvgIpc) is 2.91. The lowest BCUT2D eigenvalue weighted by Crippen LogP contribution is -2.42. The lowest BCUT2D eigenvalue weighted by molar-refractivity contribution is -0.157. The largest absolute Gasteiger partial charge is 0.466 e. The molecule has 0 saturated carbocycles. The Kier molecular flexibility index (Phi) is 7.07. The van der Waals surface area contributed by atoms with Crippen LogP contribution in [-0.4, -0.2) is 80.6 Å². The molecule has 28 heavy (non-hydrogen) atoms. The molecule has 0 bridgehead atoms. The molecule has 0 unspecified atom stereocenters. The SMILES string of the molecule is CCOC(=O)[C@]12CCCN(Cc3ccc(F)cc3)C[C@H]1CN(CCN(C)C)C2. The first-order chi connectivity index (χ1) is 13.4. The van der Waals surface area contributed by atoms with E-state index >= 15 is 0 Å². The molecule has 0 N–H and O–H groups in total. The average molecular weight is 392 g/mol. The highest BCUT2D eigenvalue weighted by atomic mass is 19.1. The zero-order chi connectivity index (χ0) is 20.1. The Morgan fingerprint density at radius 3 is 2.64 bits per heavy atom. The van der Waals surface area contributed by atoms with Crippen LogP contribution in [0.5, 0.6) is 0 Å². The van der Waals surface area contributed by atoms with Crippen molar-refractivity contribution in [3.05, 3.63) is 35.6 Å². The molecule has 2 fully saturated rings. The van der Waals surface area contributed by atoms with E-state index < -0.39 is 0 Å². The lowest BCUT2D eigenvalue weighted by atomic mass is 9.75. The topological polar surface area (TPSA) is 36.0 Å².